The van der Waals surface area contributed by atoms with Crippen molar-refractivity contribution in [2.24, 2.45) is 0 Å². The average molecular weight is 291 g/mol. The van der Waals surface area contributed by atoms with Gasteiger partial charge in [0.2, 0.25) is 0 Å². The van der Waals surface area contributed by atoms with E-state index in [-0.39, 0.29) is 5.82 Å². The molecule has 0 amide bonds. The van der Waals surface area contributed by atoms with E-state index < -0.39 is 11.7 Å². The lowest BCUT2D eigenvalue weighted by Gasteiger charge is -2.05. The van der Waals surface area contributed by atoms with Gasteiger partial charge in [-0.3, -0.25) is 4.79 Å². The van der Waals surface area contributed by atoms with Crippen LogP contribution in [0.3, 0.4) is 0 Å². The van der Waals surface area contributed by atoms with Crippen LogP contribution in [0.25, 0.3) is 17.0 Å². The van der Waals surface area contributed by atoms with Gasteiger partial charge in [-0.15, -0.1) is 5.10 Å². The van der Waals surface area contributed by atoms with Crippen molar-refractivity contribution in [2.75, 3.05) is 0 Å². The number of benzene rings is 1. The third kappa shape index (κ3) is 2.37. The Morgan fingerprint density at radius 1 is 1.10 bits per heavy atom. The number of alkyl halides is 3. The van der Waals surface area contributed by atoms with Gasteiger partial charge in [0.25, 0.3) is 0 Å². The van der Waals surface area contributed by atoms with E-state index in [1.54, 1.807) is 18.3 Å². The smallest absolute Gasteiger partial charge is 0.298 e. The first kappa shape index (κ1) is 13.3. The lowest BCUT2D eigenvalue weighted by Crippen LogP contribution is -2.04. The highest BCUT2D eigenvalue weighted by Gasteiger charge is 2.30. The summed E-state index contributed by atoms with van der Waals surface area (Å²) in [6.07, 6.45) is -2.11. The minimum atomic E-state index is -4.38. The molecule has 0 fully saturated rings. The number of carbonyl (C=O) groups is 1. The number of aldehydes is 1. The fourth-order valence-corrected chi connectivity index (χ4v) is 1.95. The standard InChI is InChI=1S/C14H8F3N3O/c15-14(16,17)11-5-3-9(4-6-11)12-18-13-10(8-21)2-1-7-20(13)19-12/h1-8H. The molecule has 0 saturated heterocycles. The van der Waals surface area contributed by atoms with Crippen LogP contribution in [0.15, 0.2) is 42.6 Å². The summed E-state index contributed by atoms with van der Waals surface area (Å²) in [6, 6.07) is 7.79. The predicted molar refractivity (Wildman–Crippen MR) is 68.8 cm³/mol. The highest BCUT2D eigenvalue weighted by atomic mass is 19.4. The van der Waals surface area contributed by atoms with Crippen LogP contribution in [0.2, 0.25) is 0 Å². The second kappa shape index (κ2) is 4.69. The molecule has 0 aliphatic carbocycles. The van der Waals surface area contributed by atoms with E-state index in [0.717, 1.165) is 12.1 Å². The first-order valence-electron chi connectivity index (χ1n) is 5.97. The van der Waals surface area contributed by atoms with Crippen molar-refractivity contribution in [1.29, 1.82) is 0 Å². The van der Waals surface area contributed by atoms with Crippen LogP contribution in [-0.2, 0) is 6.18 Å². The summed E-state index contributed by atoms with van der Waals surface area (Å²) in [5.41, 5.74) is 0.442. The molecule has 0 N–H and O–H groups in total. The number of fused-ring (bicyclic) bond motifs is 1. The van der Waals surface area contributed by atoms with Crippen molar-refractivity contribution in [3.63, 3.8) is 0 Å². The Bertz CT molecular complexity index is 806. The Labute approximate surface area is 116 Å². The van der Waals surface area contributed by atoms with E-state index >= 15 is 0 Å². The fraction of sp³-hybridized carbons (Fsp3) is 0.0714. The first-order chi connectivity index (χ1) is 9.99. The molecule has 0 bridgehead atoms. The highest BCUT2D eigenvalue weighted by Crippen LogP contribution is 2.30. The number of carbonyl (C=O) groups excluding carboxylic acids is 1. The average Bonchev–Trinajstić information content (AvgIpc) is 2.90. The third-order valence-electron chi connectivity index (χ3n) is 2.99. The summed E-state index contributed by atoms with van der Waals surface area (Å²) in [4.78, 5) is 15.1. The summed E-state index contributed by atoms with van der Waals surface area (Å²) in [5, 5.41) is 4.15. The molecule has 3 aromatic rings. The van der Waals surface area contributed by atoms with Gasteiger partial charge in [-0.05, 0) is 24.3 Å². The van der Waals surface area contributed by atoms with Crippen LogP contribution in [0, 0.1) is 0 Å². The summed E-state index contributed by atoms with van der Waals surface area (Å²) < 4.78 is 39.0. The number of halogens is 3. The van der Waals surface area contributed by atoms with Crippen molar-refractivity contribution < 1.29 is 18.0 Å². The number of nitrogens with zero attached hydrogens (tertiary/aromatic N) is 3. The van der Waals surface area contributed by atoms with Crippen LogP contribution >= 0.6 is 0 Å². The number of aromatic nitrogens is 3. The fourth-order valence-electron chi connectivity index (χ4n) is 1.95. The molecule has 21 heavy (non-hydrogen) atoms. The molecule has 0 radical (unpaired) electrons. The molecule has 106 valence electrons. The van der Waals surface area contributed by atoms with Gasteiger partial charge in [0.15, 0.2) is 17.8 Å². The molecule has 1 aromatic carbocycles. The molecule has 0 spiro atoms. The zero-order chi connectivity index (χ0) is 15.0. The topological polar surface area (TPSA) is 47.3 Å². The van der Waals surface area contributed by atoms with Gasteiger partial charge in [-0.2, -0.15) is 13.2 Å². The normalized spacial score (nSPS) is 11.8. The van der Waals surface area contributed by atoms with E-state index in [2.05, 4.69) is 10.1 Å². The summed E-state index contributed by atoms with van der Waals surface area (Å²) in [6.45, 7) is 0. The lowest BCUT2D eigenvalue weighted by atomic mass is 10.1. The molecular weight excluding hydrogens is 283 g/mol. The van der Waals surface area contributed by atoms with E-state index in [1.807, 2.05) is 0 Å². The largest absolute Gasteiger partial charge is 0.416 e. The second-order valence-electron chi connectivity index (χ2n) is 4.36. The van der Waals surface area contributed by atoms with Gasteiger partial charge in [-0.1, -0.05) is 12.1 Å². The van der Waals surface area contributed by atoms with Gasteiger partial charge in [-0.25, -0.2) is 9.50 Å². The molecule has 0 aliphatic heterocycles. The zero-order valence-electron chi connectivity index (χ0n) is 10.5. The second-order valence-corrected chi connectivity index (χ2v) is 4.36. The Morgan fingerprint density at radius 2 is 1.81 bits per heavy atom. The SMILES string of the molecule is O=Cc1cccn2nc(-c3ccc(C(F)(F)F)cc3)nc12. The quantitative estimate of drug-likeness (QED) is 0.681. The van der Waals surface area contributed by atoms with Crippen molar-refractivity contribution in [3.05, 3.63) is 53.7 Å². The van der Waals surface area contributed by atoms with Crippen LogP contribution in [0.4, 0.5) is 13.2 Å². The molecule has 7 heteroatoms. The Hall–Kier alpha value is -2.70. The summed E-state index contributed by atoms with van der Waals surface area (Å²) in [7, 11) is 0. The first-order valence-corrected chi connectivity index (χ1v) is 5.97. The number of hydrogen-bond donors (Lipinski definition) is 0. The van der Waals surface area contributed by atoms with Crippen LogP contribution in [0.1, 0.15) is 15.9 Å². The molecule has 0 saturated carbocycles. The van der Waals surface area contributed by atoms with E-state index in [1.165, 1.54) is 16.6 Å². The van der Waals surface area contributed by atoms with Crippen LogP contribution in [-0.4, -0.2) is 20.9 Å². The molecule has 4 nitrogen and oxygen atoms in total. The summed E-state index contributed by atoms with van der Waals surface area (Å²) >= 11 is 0. The van der Waals surface area contributed by atoms with Crippen LogP contribution in [0.5, 0.6) is 0 Å². The van der Waals surface area contributed by atoms with Crippen molar-refractivity contribution in [2.45, 2.75) is 6.18 Å². The number of rotatable bonds is 2. The zero-order valence-corrected chi connectivity index (χ0v) is 10.5. The van der Waals surface area contributed by atoms with Crippen LogP contribution < -0.4 is 0 Å². The maximum absolute atomic E-state index is 12.5. The maximum Gasteiger partial charge on any atom is 0.416 e. The van der Waals surface area contributed by atoms with Gasteiger partial charge in [0.05, 0.1) is 11.1 Å². The van der Waals surface area contributed by atoms with Gasteiger partial charge >= 0.3 is 6.18 Å². The maximum atomic E-state index is 12.5. The predicted octanol–water partition coefficient (Wildman–Crippen LogP) is 3.23. The van der Waals surface area contributed by atoms with E-state index in [0.29, 0.717) is 23.1 Å². The molecule has 2 aromatic heterocycles. The van der Waals surface area contributed by atoms with Gasteiger partial charge in [0.1, 0.15) is 0 Å². The molecule has 2 heterocycles. The number of hydrogen-bond acceptors (Lipinski definition) is 3. The lowest BCUT2D eigenvalue weighted by molar-refractivity contribution is -0.137. The van der Waals surface area contributed by atoms with E-state index in [9.17, 15) is 18.0 Å². The van der Waals surface area contributed by atoms with Gasteiger partial charge in [0, 0.05) is 11.8 Å². The Kier molecular flexibility index (Phi) is 2.97. The minimum absolute atomic E-state index is 0.262. The molecule has 0 atom stereocenters. The van der Waals surface area contributed by atoms with Gasteiger partial charge < -0.3 is 0 Å². The Balaban J connectivity index is 2.06. The molecule has 0 unspecified atom stereocenters. The number of pyridine rings is 1. The van der Waals surface area contributed by atoms with Crippen molar-refractivity contribution >= 4 is 11.9 Å². The molecular formula is C14H8F3N3O. The highest BCUT2D eigenvalue weighted by molar-refractivity contribution is 5.84. The van der Waals surface area contributed by atoms with E-state index in [4.69, 9.17) is 0 Å². The Morgan fingerprint density at radius 3 is 2.43 bits per heavy atom. The minimum Gasteiger partial charge on any atom is -0.298 e. The molecule has 0 aliphatic rings. The monoisotopic (exact) mass is 291 g/mol. The summed E-state index contributed by atoms with van der Waals surface area (Å²) in [5.74, 6) is 0.262. The third-order valence-corrected chi connectivity index (χ3v) is 2.99. The van der Waals surface area contributed by atoms with Crippen molar-refractivity contribution in [1.82, 2.24) is 14.6 Å². The molecule has 3 rings (SSSR count). The van der Waals surface area contributed by atoms with Crippen molar-refractivity contribution in [3.8, 4) is 11.4 Å².